The summed E-state index contributed by atoms with van der Waals surface area (Å²) in [6.07, 6.45) is 3.74. The predicted molar refractivity (Wildman–Crippen MR) is 74.5 cm³/mol. The highest BCUT2D eigenvalue weighted by atomic mass is 32.1. The van der Waals surface area contributed by atoms with Gasteiger partial charge in [-0.1, -0.05) is 12.1 Å². The Morgan fingerprint density at radius 3 is 2.95 bits per heavy atom. The first kappa shape index (κ1) is 11.6. The number of hydrogen-bond donors (Lipinski definition) is 0. The molecule has 0 saturated carbocycles. The van der Waals surface area contributed by atoms with Crippen LogP contribution >= 0.6 is 11.3 Å². The molecule has 0 fully saturated rings. The minimum Gasteiger partial charge on any atom is -0.275 e. The first-order chi connectivity index (χ1) is 9.26. The van der Waals surface area contributed by atoms with Gasteiger partial charge in [-0.05, 0) is 12.1 Å². The summed E-state index contributed by atoms with van der Waals surface area (Å²) in [6.45, 7) is 0. The summed E-state index contributed by atoms with van der Waals surface area (Å²) in [7, 11) is 1.88. The fourth-order valence-corrected chi connectivity index (χ4v) is 2.62. The van der Waals surface area contributed by atoms with Gasteiger partial charge in [0.05, 0.1) is 23.5 Å². The molecule has 0 bridgehead atoms. The van der Waals surface area contributed by atoms with Gasteiger partial charge in [-0.3, -0.25) is 4.68 Å². The second kappa shape index (κ2) is 4.67. The Kier molecular flexibility index (Phi) is 2.86. The van der Waals surface area contributed by atoms with Crippen molar-refractivity contribution in [3.63, 3.8) is 0 Å². The van der Waals surface area contributed by atoms with Crippen LogP contribution in [0.25, 0.3) is 21.8 Å². The molecule has 2 heterocycles. The number of nitrogens with zero attached hydrogens (tertiary/aromatic N) is 4. The van der Waals surface area contributed by atoms with Crippen molar-refractivity contribution in [3.05, 3.63) is 47.6 Å². The fraction of sp³-hybridized carbons (Fsp3) is 0.0714. The zero-order valence-corrected chi connectivity index (χ0v) is 11.1. The number of nitriles is 1. The van der Waals surface area contributed by atoms with Crippen molar-refractivity contribution in [2.75, 3.05) is 0 Å². The van der Waals surface area contributed by atoms with Gasteiger partial charge in [0, 0.05) is 29.8 Å². The smallest absolute Gasteiger partial charge is 0.127 e. The normalized spacial score (nSPS) is 10.3. The lowest BCUT2D eigenvalue weighted by Gasteiger charge is -1.96. The maximum atomic E-state index is 8.92. The lowest BCUT2D eigenvalue weighted by molar-refractivity contribution is 0.768. The van der Waals surface area contributed by atoms with Gasteiger partial charge in [0.1, 0.15) is 5.01 Å². The summed E-state index contributed by atoms with van der Waals surface area (Å²) in [5, 5.41) is 16.0. The van der Waals surface area contributed by atoms with Gasteiger partial charge in [0.15, 0.2) is 0 Å². The number of benzene rings is 1. The van der Waals surface area contributed by atoms with Crippen LogP contribution < -0.4 is 0 Å². The topological polar surface area (TPSA) is 54.5 Å². The van der Waals surface area contributed by atoms with E-state index >= 15 is 0 Å². The Morgan fingerprint density at radius 1 is 1.32 bits per heavy atom. The van der Waals surface area contributed by atoms with Crippen LogP contribution in [0, 0.1) is 11.3 Å². The maximum Gasteiger partial charge on any atom is 0.127 e. The third-order valence-corrected chi connectivity index (χ3v) is 3.63. The molecule has 0 aliphatic carbocycles. The minimum atomic E-state index is 0.647. The highest BCUT2D eigenvalue weighted by molar-refractivity contribution is 7.13. The molecular formula is C14H10N4S. The Labute approximate surface area is 114 Å². The molecule has 0 unspecified atom stereocenters. The lowest BCUT2D eigenvalue weighted by Crippen LogP contribution is -1.84. The van der Waals surface area contributed by atoms with Crippen LogP contribution in [-0.2, 0) is 7.05 Å². The molecule has 4 nitrogen and oxygen atoms in total. The Balaban J connectivity index is 1.99. The standard InChI is InChI=1S/C14H10N4S/c1-18-8-12(7-16-18)14-17-13(9-19-14)11-4-2-3-10(5-11)6-15/h2-5,7-9H,1H3. The average molecular weight is 266 g/mol. The number of thiazole rings is 1. The molecule has 2 aromatic heterocycles. The van der Waals surface area contributed by atoms with E-state index in [1.165, 1.54) is 0 Å². The first-order valence-electron chi connectivity index (χ1n) is 5.71. The van der Waals surface area contributed by atoms with E-state index in [2.05, 4.69) is 16.2 Å². The van der Waals surface area contributed by atoms with Crippen molar-refractivity contribution in [2.24, 2.45) is 7.05 Å². The van der Waals surface area contributed by atoms with Crippen LogP contribution in [0.3, 0.4) is 0 Å². The summed E-state index contributed by atoms with van der Waals surface area (Å²) >= 11 is 1.58. The molecule has 0 spiro atoms. The van der Waals surface area contributed by atoms with E-state index in [1.54, 1.807) is 28.3 Å². The first-order valence-corrected chi connectivity index (χ1v) is 6.59. The molecule has 92 valence electrons. The number of rotatable bonds is 2. The van der Waals surface area contributed by atoms with Gasteiger partial charge in [-0.25, -0.2) is 4.98 Å². The second-order valence-corrected chi connectivity index (χ2v) is 4.99. The van der Waals surface area contributed by atoms with Gasteiger partial charge in [0.25, 0.3) is 0 Å². The van der Waals surface area contributed by atoms with Gasteiger partial charge >= 0.3 is 0 Å². The molecule has 5 heteroatoms. The number of aryl methyl sites for hydroxylation is 1. The average Bonchev–Trinajstić information content (AvgIpc) is 3.07. The molecule has 0 N–H and O–H groups in total. The monoisotopic (exact) mass is 266 g/mol. The predicted octanol–water partition coefficient (Wildman–Crippen LogP) is 3.08. The quantitative estimate of drug-likeness (QED) is 0.716. The molecule has 0 saturated heterocycles. The van der Waals surface area contributed by atoms with E-state index in [0.29, 0.717) is 5.56 Å². The van der Waals surface area contributed by atoms with Crippen LogP contribution in [0.5, 0.6) is 0 Å². The Morgan fingerprint density at radius 2 is 2.21 bits per heavy atom. The van der Waals surface area contributed by atoms with Crippen LogP contribution in [0.1, 0.15) is 5.56 Å². The fourth-order valence-electron chi connectivity index (χ4n) is 1.82. The van der Waals surface area contributed by atoms with E-state index in [1.807, 2.05) is 36.8 Å². The molecule has 0 radical (unpaired) electrons. The largest absolute Gasteiger partial charge is 0.275 e. The molecule has 0 atom stereocenters. The Bertz CT molecular complexity index is 764. The maximum absolute atomic E-state index is 8.92. The van der Waals surface area contributed by atoms with Crippen molar-refractivity contribution in [2.45, 2.75) is 0 Å². The molecule has 3 aromatic rings. The highest BCUT2D eigenvalue weighted by Crippen LogP contribution is 2.28. The summed E-state index contributed by atoms with van der Waals surface area (Å²) in [5.74, 6) is 0. The van der Waals surface area contributed by atoms with Crippen LogP contribution in [0.2, 0.25) is 0 Å². The zero-order valence-electron chi connectivity index (χ0n) is 10.2. The summed E-state index contributed by atoms with van der Waals surface area (Å²) in [4.78, 5) is 4.60. The number of hydrogen-bond acceptors (Lipinski definition) is 4. The molecular weight excluding hydrogens is 256 g/mol. The van der Waals surface area contributed by atoms with Gasteiger partial charge in [-0.2, -0.15) is 10.4 Å². The molecule has 0 aliphatic rings. The van der Waals surface area contributed by atoms with E-state index in [0.717, 1.165) is 21.8 Å². The molecule has 19 heavy (non-hydrogen) atoms. The minimum absolute atomic E-state index is 0.647. The van der Waals surface area contributed by atoms with E-state index in [4.69, 9.17) is 5.26 Å². The van der Waals surface area contributed by atoms with Crippen molar-refractivity contribution < 1.29 is 0 Å². The lowest BCUT2D eigenvalue weighted by atomic mass is 10.1. The van der Waals surface area contributed by atoms with Gasteiger partial charge in [0.2, 0.25) is 0 Å². The van der Waals surface area contributed by atoms with Gasteiger partial charge in [-0.15, -0.1) is 11.3 Å². The third kappa shape index (κ3) is 2.26. The summed E-state index contributed by atoms with van der Waals surface area (Å²) in [5.41, 5.74) is 3.51. The highest BCUT2D eigenvalue weighted by Gasteiger charge is 2.08. The molecule has 0 aliphatic heterocycles. The van der Waals surface area contributed by atoms with Crippen LogP contribution in [0.15, 0.2) is 42.0 Å². The van der Waals surface area contributed by atoms with E-state index in [-0.39, 0.29) is 0 Å². The zero-order chi connectivity index (χ0) is 13.2. The number of aromatic nitrogens is 3. The van der Waals surface area contributed by atoms with Crippen molar-refractivity contribution in [3.8, 4) is 27.9 Å². The summed E-state index contributed by atoms with van der Waals surface area (Å²) < 4.78 is 1.76. The second-order valence-electron chi connectivity index (χ2n) is 4.13. The van der Waals surface area contributed by atoms with E-state index in [9.17, 15) is 0 Å². The summed E-state index contributed by atoms with van der Waals surface area (Å²) in [6, 6.07) is 9.61. The van der Waals surface area contributed by atoms with Gasteiger partial charge < -0.3 is 0 Å². The van der Waals surface area contributed by atoms with E-state index < -0.39 is 0 Å². The SMILES string of the molecule is Cn1cc(-c2nc(-c3cccc(C#N)c3)cs2)cn1. The third-order valence-electron chi connectivity index (χ3n) is 2.74. The van der Waals surface area contributed by atoms with Crippen molar-refractivity contribution in [1.82, 2.24) is 14.8 Å². The van der Waals surface area contributed by atoms with Crippen LogP contribution in [-0.4, -0.2) is 14.8 Å². The molecule has 1 aromatic carbocycles. The van der Waals surface area contributed by atoms with Crippen molar-refractivity contribution >= 4 is 11.3 Å². The molecule has 0 amide bonds. The van der Waals surface area contributed by atoms with Crippen LogP contribution in [0.4, 0.5) is 0 Å². The molecule has 3 rings (SSSR count). The Hall–Kier alpha value is -2.45. The van der Waals surface area contributed by atoms with Crippen molar-refractivity contribution in [1.29, 1.82) is 5.26 Å².